The van der Waals surface area contributed by atoms with Crippen molar-refractivity contribution in [3.05, 3.63) is 57.6 Å². The second-order valence-corrected chi connectivity index (χ2v) is 6.24. The van der Waals surface area contributed by atoms with Gasteiger partial charge in [0.2, 0.25) is 0 Å². The lowest BCUT2D eigenvalue weighted by molar-refractivity contribution is 0.476. The van der Waals surface area contributed by atoms with Gasteiger partial charge in [-0.25, -0.2) is 0 Å². The fourth-order valence-corrected chi connectivity index (χ4v) is 3.41. The van der Waals surface area contributed by atoms with Crippen molar-refractivity contribution in [3.63, 3.8) is 0 Å². The van der Waals surface area contributed by atoms with E-state index < -0.39 is 0 Å². The molecule has 110 valence electrons. The molecule has 0 radical (unpaired) electrons. The number of fused-ring (bicyclic) bond motifs is 1. The minimum Gasteiger partial charge on any atom is -0.505 e. The van der Waals surface area contributed by atoms with Crippen molar-refractivity contribution < 1.29 is 5.11 Å². The highest BCUT2D eigenvalue weighted by molar-refractivity contribution is 6.37. The minimum atomic E-state index is -0.0647. The molecule has 0 aliphatic heterocycles. The van der Waals surface area contributed by atoms with Crippen LogP contribution >= 0.6 is 23.2 Å². The number of phenols is 1. The van der Waals surface area contributed by atoms with E-state index in [1.165, 1.54) is 24.0 Å². The highest BCUT2D eigenvalue weighted by Gasteiger charge is 2.18. The second-order valence-electron chi connectivity index (χ2n) is 5.43. The molecule has 2 aromatic rings. The number of phenolic OH excluding ortho intramolecular Hbond substituents is 1. The minimum absolute atomic E-state index is 0.0647. The number of hydrogen-bond acceptors (Lipinski definition) is 2. The van der Waals surface area contributed by atoms with Gasteiger partial charge in [0, 0.05) is 5.69 Å². The maximum Gasteiger partial charge on any atom is 0.152 e. The lowest BCUT2D eigenvalue weighted by Crippen LogP contribution is -2.11. The molecule has 2 nitrogen and oxygen atoms in total. The maximum absolute atomic E-state index is 9.65. The highest BCUT2D eigenvalue weighted by atomic mass is 35.5. The summed E-state index contributed by atoms with van der Waals surface area (Å²) in [5.41, 5.74) is 3.59. The number of aromatic hydroxyl groups is 1. The van der Waals surface area contributed by atoms with Gasteiger partial charge in [0.15, 0.2) is 5.75 Å². The number of benzene rings is 2. The van der Waals surface area contributed by atoms with Crippen LogP contribution in [-0.2, 0) is 6.42 Å². The van der Waals surface area contributed by atoms with Crippen molar-refractivity contribution >= 4 is 28.9 Å². The standard InChI is InChI=1S/C17H17Cl2NO/c18-14-9-12(10-15(19)17(14)21)20-16-8-4-2-6-11-5-1-3-7-13(11)16/h1,3,5,7,9-10,16,20-21H,2,4,6,8H2. The van der Waals surface area contributed by atoms with E-state index in [1.807, 2.05) is 0 Å². The predicted molar refractivity (Wildman–Crippen MR) is 88.5 cm³/mol. The summed E-state index contributed by atoms with van der Waals surface area (Å²) >= 11 is 12.0. The van der Waals surface area contributed by atoms with E-state index in [4.69, 9.17) is 23.2 Å². The molecule has 0 fully saturated rings. The second kappa shape index (κ2) is 6.17. The van der Waals surface area contributed by atoms with Gasteiger partial charge in [-0.1, -0.05) is 53.9 Å². The van der Waals surface area contributed by atoms with Gasteiger partial charge in [-0.3, -0.25) is 0 Å². The average molecular weight is 322 g/mol. The maximum atomic E-state index is 9.65. The van der Waals surface area contributed by atoms with Crippen molar-refractivity contribution in [2.24, 2.45) is 0 Å². The summed E-state index contributed by atoms with van der Waals surface area (Å²) in [5.74, 6) is -0.0647. The molecule has 0 amide bonds. The topological polar surface area (TPSA) is 32.3 Å². The quantitative estimate of drug-likeness (QED) is 0.559. The van der Waals surface area contributed by atoms with E-state index >= 15 is 0 Å². The van der Waals surface area contributed by atoms with E-state index in [0.29, 0.717) is 0 Å². The monoisotopic (exact) mass is 321 g/mol. The summed E-state index contributed by atoms with van der Waals surface area (Å²) in [4.78, 5) is 0. The number of nitrogens with one attached hydrogen (secondary N) is 1. The summed E-state index contributed by atoms with van der Waals surface area (Å²) in [6.07, 6.45) is 4.61. The fourth-order valence-electron chi connectivity index (χ4n) is 2.92. The third kappa shape index (κ3) is 3.12. The Morgan fingerprint density at radius 3 is 2.52 bits per heavy atom. The van der Waals surface area contributed by atoms with Crippen molar-refractivity contribution in [1.82, 2.24) is 0 Å². The first-order chi connectivity index (χ1) is 10.1. The SMILES string of the molecule is Oc1c(Cl)cc(NC2CCCCc3ccccc32)cc1Cl. The van der Waals surface area contributed by atoms with Crippen LogP contribution in [0.5, 0.6) is 5.75 Å². The molecule has 2 aromatic carbocycles. The van der Waals surface area contributed by atoms with E-state index in [9.17, 15) is 5.11 Å². The third-order valence-corrected chi connectivity index (χ3v) is 4.55. The smallest absolute Gasteiger partial charge is 0.152 e. The average Bonchev–Trinajstić information content (AvgIpc) is 2.67. The third-order valence-electron chi connectivity index (χ3n) is 3.98. The van der Waals surface area contributed by atoms with Crippen molar-refractivity contribution in [3.8, 4) is 5.75 Å². The molecular weight excluding hydrogens is 305 g/mol. The van der Waals surface area contributed by atoms with Crippen molar-refractivity contribution in [1.29, 1.82) is 0 Å². The largest absolute Gasteiger partial charge is 0.505 e. The molecular formula is C17H17Cl2NO. The van der Waals surface area contributed by atoms with Crippen LogP contribution in [0.4, 0.5) is 5.69 Å². The first-order valence-electron chi connectivity index (χ1n) is 7.17. The Morgan fingerprint density at radius 2 is 1.76 bits per heavy atom. The van der Waals surface area contributed by atoms with Gasteiger partial charge in [-0.05, 0) is 42.5 Å². The van der Waals surface area contributed by atoms with Crippen LogP contribution in [0.15, 0.2) is 36.4 Å². The van der Waals surface area contributed by atoms with Gasteiger partial charge >= 0.3 is 0 Å². The molecule has 0 bridgehead atoms. The Bertz CT molecular complexity index is 634. The number of hydrogen-bond donors (Lipinski definition) is 2. The molecule has 2 N–H and O–H groups in total. The van der Waals surface area contributed by atoms with Crippen LogP contribution in [0.1, 0.15) is 36.4 Å². The predicted octanol–water partition coefficient (Wildman–Crippen LogP) is 5.58. The van der Waals surface area contributed by atoms with Gasteiger partial charge in [0.1, 0.15) is 0 Å². The first-order valence-corrected chi connectivity index (χ1v) is 7.93. The zero-order valence-corrected chi connectivity index (χ0v) is 13.1. The van der Waals surface area contributed by atoms with Crippen LogP contribution < -0.4 is 5.32 Å². The summed E-state index contributed by atoms with van der Waals surface area (Å²) in [5, 5.41) is 13.7. The molecule has 0 heterocycles. The van der Waals surface area contributed by atoms with Gasteiger partial charge in [-0.15, -0.1) is 0 Å². The normalized spacial score (nSPS) is 17.9. The van der Waals surface area contributed by atoms with Crippen molar-refractivity contribution in [2.45, 2.75) is 31.7 Å². The van der Waals surface area contributed by atoms with Crippen LogP contribution in [0, 0.1) is 0 Å². The van der Waals surface area contributed by atoms with Crippen molar-refractivity contribution in [2.75, 3.05) is 5.32 Å². The van der Waals surface area contributed by atoms with E-state index in [-0.39, 0.29) is 21.8 Å². The molecule has 1 unspecified atom stereocenters. The number of halogens is 2. The molecule has 0 saturated heterocycles. The molecule has 1 atom stereocenters. The Kier molecular flexibility index (Phi) is 4.27. The lowest BCUT2D eigenvalue weighted by atomic mass is 9.99. The van der Waals surface area contributed by atoms with Gasteiger partial charge in [-0.2, -0.15) is 0 Å². The van der Waals surface area contributed by atoms with E-state index in [0.717, 1.165) is 18.5 Å². The fraction of sp³-hybridized carbons (Fsp3) is 0.294. The number of anilines is 1. The molecule has 3 rings (SSSR count). The summed E-state index contributed by atoms with van der Waals surface area (Å²) in [7, 11) is 0. The summed E-state index contributed by atoms with van der Waals surface area (Å²) in [6.45, 7) is 0. The van der Waals surface area contributed by atoms with Crippen LogP contribution in [-0.4, -0.2) is 5.11 Å². The molecule has 1 aliphatic carbocycles. The Hall–Kier alpha value is -1.38. The summed E-state index contributed by atoms with van der Waals surface area (Å²) in [6, 6.07) is 12.2. The molecule has 21 heavy (non-hydrogen) atoms. The van der Waals surface area contributed by atoms with Crippen LogP contribution in [0.25, 0.3) is 0 Å². The van der Waals surface area contributed by atoms with E-state index in [2.05, 4.69) is 29.6 Å². The van der Waals surface area contributed by atoms with Crippen LogP contribution in [0.2, 0.25) is 10.0 Å². The molecule has 0 aromatic heterocycles. The van der Waals surface area contributed by atoms with Gasteiger partial charge in [0.25, 0.3) is 0 Å². The first kappa shape index (κ1) is 14.6. The Morgan fingerprint density at radius 1 is 1.05 bits per heavy atom. The lowest BCUT2D eigenvalue weighted by Gasteiger charge is -2.21. The number of rotatable bonds is 2. The van der Waals surface area contributed by atoms with Crippen LogP contribution in [0.3, 0.4) is 0 Å². The van der Waals surface area contributed by atoms with Gasteiger partial charge in [0.05, 0.1) is 16.1 Å². The summed E-state index contributed by atoms with van der Waals surface area (Å²) < 4.78 is 0. The number of aryl methyl sites for hydroxylation is 1. The molecule has 0 spiro atoms. The van der Waals surface area contributed by atoms with E-state index in [1.54, 1.807) is 12.1 Å². The molecule has 1 aliphatic rings. The Balaban J connectivity index is 1.91. The Labute approximate surface area is 134 Å². The molecule has 0 saturated carbocycles. The highest BCUT2D eigenvalue weighted by Crippen LogP contribution is 2.37. The molecule has 4 heteroatoms. The van der Waals surface area contributed by atoms with Gasteiger partial charge < -0.3 is 10.4 Å². The zero-order valence-electron chi connectivity index (χ0n) is 11.6. The zero-order chi connectivity index (χ0) is 14.8.